The second kappa shape index (κ2) is 4.83. The van der Waals surface area contributed by atoms with Gasteiger partial charge in [0.2, 0.25) is 0 Å². The van der Waals surface area contributed by atoms with Crippen LogP contribution in [0.4, 0.5) is 0 Å². The van der Waals surface area contributed by atoms with Crippen LogP contribution in [-0.4, -0.2) is 29.7 Å². The average molecular weight is 261 g/mol. The van der Waals surface area contributed by atoms with E-state index < -0.39 is 0 Å². The summed E-state index contributed by atoms with van der Waals surface area (Å²) >= 11 is 0. The number of rotatable bonds is 3. The molecule has 0 aliphatic carbocycles. The summed E-state index contributed by atoms with van der Waals surface area (Å²) in [6.45, 7) is 3.05. The Morgan fingerprint density at radius 2 is 2.16 bits per heavy atom. The molecule has 5 nitrogen and oxygen atoms in total. The Kier molecular flexibility index (Phi) is 3.16. The molecule has 0 saturated carbocycles. The number of imidazole rings is 1. The van der Waals surface area contributed by atoms with Gasteiger partial charge in [0.05, 0.1) is 23.2 Å². The molecule has 3 atom stereocenters. The molecule has 19 heavy (non-hydrogen) atoms. The number of fused-ring (bicyclic) bond motifs is 1. The predicted octanol–water partition coefficient (Wildman–Crippen LogP) is 1.54. The van der Waals surface area contributed by atoms with E-state index in [1.165, 1.54) is 0 Å². The lowest BCUT2D eigenvalue weighted by Crippen LogP contribution is -2.32. The lowest BCUT2D eigenvalue weighted by atomic mass is 9.92. The molecule has 3 unspecified atom stereocenters. The SMILES string of the molecule is CNC(c1ccc2[nH]c(=O)[nH]c2c1)C1OCCC1C. The fourth-order valence-electron chi connectivity index (χ4n) is 2.91. The van der Waals surface area contributed by atoms with Crippen LogP contribution in [0.1, 0.15) is 24.9 Å². The van der Waals surface area contributed by atoms with Gasteiger partial charge in [-0.25, -0.2) is 4.79 Å². The molecule has 1 aliphatic heterocycles. The third kappa shape index (κ3) is 2.19. The second-order valence-corrected chi connectivity index (χ2v) is 5.25. The summed E-state index contributed by atoms with van der Waals surface area (Å²) in [7, 11) is 1.95. The highest BCUT2D eigenvalue weighted by atomic mass is 16.5. The molecule has 3 rings (SSSR count). The number of aromatic amines is 2. The van der Waals surface area contributed by atoms with E-state index in [1.807, 2.05) is 25.2 Å². The van der Waals surface area contributed by atoms with Crippen molar-refractivity contribution in [2.45, 2.75) is 25.5 Å². The minimum Gasteiger partial charge on any atom is -0.376 e. The molecule has 1 saturated heterocycles. The standard InChI is InChI=1S/C14H19N3O2/c1-8-5-6-19-13(8)12(15-2)9-3-4-10-11(7-9)17-14(18)16-10/h3-4,7-8,12-13,15H,5-6H2,1-2H3,(H2,16,17,18). The van der Waals surface area contributed by atoms with Crippen molar-refractivity contribution in [1.29, 1.82) is 0 Å². The number of nitrogens with one attached hydrogen (secondary N) is 3. The number of benzene rings is 1. The van der Waals surface area contributed by atoms with E-state index in [9.17, 15) is 4.79 Å². The maximum absolute atomic E-state index is 11.3. The van der Waals surface area contributed by atoms with Gasteiger partial charge in [0, 0.05) is 6.61 Å². The van der Waals surface area contributed by atoms with Gasteiger partial charge in [0.25, 0.3) is 0 Å². The van der Waals surface area contributed by atoms with E-state index in [1.54, 1.807) is 0 Å². The first-order valence-electron chi connectivity index (χ1n) is 6.70. The molecule has 5 heteroatoms. The second-order valence-electron chi connectivity index (χ2n) is 5.25. The average Bonchev–Trinajstić information content (AvgIpc) is 2.95. The number of ether oxygens (including phenoxy) is 1. The zero-order valence-electron chi connectivity index (χ0n) is 11.2. The summed E-state index contributed by atoms with van der Waals surface area (Å²) in [6.07, 6.45) is 1.29. The molecule has 0 radical (unpaired) electrons. The van der Waals surface area contributed by atoms with Gasteiger partial charge in [0.15, 0.2) is 0 Å². The molecular formula is C14H19N3O2. The van der Waals surface area contributed by atoms with Gasteiger partial charge in [-0.15, -0.1) is 0 Å². The molecule has 3 N–H and O–H groups in total. The first kappa shape index (κ1) is 12.4. The van der Waals surface area contributed by atoms with Crippen molar-refractivity contribution in [3.63, 3.8) is 0 Å². The Labute approximate surface area is 111 Å². The number of H-pyrrole nitrogens is 2. The Morgan fingerprint density at radius 3 is 2.84 bits per heavy atom. The largest absolute Gasteiger partial charge is 0.376 e. The first-order valence-corrected chi connectivity index (χ1v) is 6.70. The van der Waals surface area contributed by atoms with Gasteiger partial charge in [-0.3, -0.25) is 0 Å². The van der Waals surface area contributed by atoms with Crippen molar-refractivity contribution in [3.05, 3.63) is 34.2 Å². The molecule has 0 spiro atoms. The smallest absolute Gasteiger partial charge is 0.323 e. The maximum Gasteiger partial charge on any atom is 0.323 e. The molecule has 0 amide bonds. The predicted molar refractivity (Wildman–Crippen MR) is 74.2 cm³/mol. The van der Waals surface area contributed by atoms with Crippen LogP contribution >= 0.6 is 0 Å². The third-order valence-electron chi connectivity index (χ3n) is 3.98. The highest BCUT2D eigenvalue weighted by molar-refractivity contribution is 5.75. The lowest BCUT2D eigenvalue weighted by molar-refractivity contribution is 0.0631. The number of likely N-dealkylation sites (N-methyl/N-ethyl adjacent to an activating group) is 1. The van der Waals surface area contributed by atoms with Gasteiger partial charge in [-0.05, 0) is 37.1 Å². The topological polar surface area (TPSA) is 69.9 Å². The maximum atomic E-state index is 11.3. The van der Waals surface area contributed by atoms with Gasteiger partial charge in [0.1, 0.15) is 0 Å². The van der Waals surface area contributed by atoms with Crippen LogP contribution in [0.5, 0.6) is 0 Å². The van der Waals surface area contributed by atoms with E-state index in [-0.39, 0.29) is 17.8 Å². The van der Waals surface area contributed by atoms with Gasteiger partial charge < -0.3 is 20.0 Å². The Balaban J connectivity index is 1.98. The quantitative estimate of drug-likeness (QED) is 0.785. The van der Waals surface area contributed by atoms with Crippen molar-refractivity contribution in [2.24, 2.45) is 5.92 Å². The Bertz CT molecular complexity index is 631. The van der Waals surface area contributed by atoms with Crippen molar-refractivity contribution < 1.29 is 4.74 Å². The highest BCUT2D eigenvalue weighted by Gasteiger charge is 2.32. The molecule has 2 heterocycles. The summed E-state index contributed by atoms with van der Waals surface area (Å²) < 4.78 is 5.85. The molecule has 1 fully saturated rings. The van der Waals surface area contributed by atoms with Crippen LogP contribution in [0.25, 0.3) is 11.0 Å². The normalized spacial score (nSPS) is 24.9. The fraction of sp³-hybridized carbons (Fsp3) is 0.500. The van der Waals surface area contributed by atoms with Crippen LogP contribution < -0.4 is 11.0 Å². The van der Waals surface area contributed by atoms with Crippen molar-refractivity contribution >= 4 is 11.0 Å². The van der Waals surface area contributed by atoms with Crippen LogP contribution in [0.2, 0.25) is 0 Å². The number of hydrogen-bond acceptors (Lipinski definition) is 3. The molecule has 2 aromatic rings. The van der Waals surface area contributed by atoms with Crippen LogP contribution in [0.3, 0.4) is 0 Å². The molecule has 1 aromatic heterocycles. The zero-order chi connectivity index (χ0) is 13.4. The summed E-state index contributed by atoms with van der Waals surface area (Å²) in [5.74, 6) is 0.540. The number of aromatic nitrogens is 2. The monoisotopic (exact) mass is 261 g/mol. The fourth-order valence-corrected chi connectivity index (χ4v) is 2.91. The Morgan fingerprint density at radius 1 is 1.37 bits per heavy atom. The lowest BCUT2D eigenvalue weighted by Gasteiger charge is -2.26. The molecule has 0 bridgehead atoms. The summed E-state index contributed by atoms with van der Waals surface area (Å²) in [6, 6.07) is 6.15. The summed E-state index contributed by atoms with van der Waals surface area (Å²) in [5.41, 5.74) is 2.65. The molecular weight excluding hydrogens is 242 g/mol. The van der Waals surface area contributed by atoms with E-state index in [0.29, 0.717) is 5.92 Å². The van der Waals surface area contributed by atoms with Crippen molar-refractivity contribution in [3.8, 4) is 0 Å². The molecule has 1 aromatic carbocycles. The highest BCUT2D eigenvalue weighted by Crippen LogP contribution is 2.31. The van der Waals surface area contributed by atoms with E-state index in [0.717, 1.165) is 29.6 Å². The van der Waals surface area contributed by atoms with Crippen LogP contribution in [0.15, 0.2) is 23.0 Å². The van der Waals surface area contributed by atoms with Crippen LogP contribution in [0, 0.1) is 5.92 Å². The summed E-state index contributed by atoms with van der Waals surface area (Å²) in [4.78, 5) is 16.9. The summed E-state index contributed by atoms with van der Waals surface area (Å²) in [5, 5.41) is 3.33. The van der Waals surface area contributed by atoms with Gasteiger partial charge >= 0.3 is 5.69 Å². The minimum absolute atomic E-state index is 0.153. The third-order valence-corrected chi connectivity index (χ3v) is 3.98. The van der Waals surface area contributed by atoms with E-state index in [4.69, 9.17) is 4.74 Å². The molecule has 1 aliphatic rings. The van der Waals surface area contributed by atoms with Crippen LogP contribution in [-0.2, 0) is 4.74 Å². The van der Waals surface area contributed by atoms with Crippen molar-refractivity contribution in [2.75, 3.05) is 13.7 Å². The van der Waals surface area contributed by atoms with Crippen molar-refractivity contribution in [1.82, 2.24) is 15.3 Å². The zero-order valence-corrected chi connectivity index (χ0v) is 11.2. The Hall–Kier alpha value is -1.59. The number of hydrogen-bond donors (Lipinski definition) is 3. The van der Waals surface area contributed by atoms with E-state index in [2.05, 4.69) is 22.2 Å². The molecule has 102 valence electrons. The first-order chi connectivity index (χ1) is 9.19. The van der Waals surface area contributed by atoms with Gasteiger partial charge in [-0.2, -0.15) is 0 Å². The van der Waals surface area contributed by atoms with Gasteiger partial charge in [-0.1, -0.05) is 13.0 Å². The van der Waals surface area contributed by atoms with E-state index >= 15 is 0 Å². The minimum atomic E-state index is -0.168.